The van der Waals surface area contributed by atoms with Gasteiger partial charge in [-0.15, -0.1) is 6.58 Å². The first-order chi connectivity index (χ1) is 6.20. The van der Waals surface area contributed by atoms with E-state index in [1.54, 1.807) is 13.0 Å². The topological polar surface area (TPSA) is 46.5 Å². The predicted molar refractivity (Wildman–Crippen MR) is 51.3 cm³/mol. The highest BCUT2D eigenvalue weighted by Gasteiger charge is 2.05. The van der Waals surface area contributed by atoms with Gasteiger partial charge in [-0.1, -0.05) is 6.08 Å². The van der Waals surface area contributed by atoms with E-state index in [1.165, 1.54) is 0 Å². The van der Waals surface area contributed by atoms with Crippen molar-refractivity contribution in [2.45, 2.75) is 38.7 Å². The smallest absolute Gasteiger partial charge is 0.305 e. The average Bonchev–Trinajstić information content (AvgIpc) is 2.05. The van der Waals surface area contributed by atoms with Gasteiger partial charge in [-0.2, -0.15) is 0 Å². The first-order valence-electron chi connectivity index (χ1n) is 4.65. The molecule has 3 nitrogen and oxygen atoms in total. The summed E-state index contributed by atoms with van der Waals surface area (Å²) >= 11 is 0. The van der Waals surface area contributed by atoms with Crippen molar-refractivity contribution in [1.29, 1.82) is 0 Å². The third-order valence-corrected chi connectivity index (χ3v) is 1.66. The van der Waals surface area contributed by atoms with Gasteiger partial charge < -0.3 is 9.84 Å². The summed E-state index contributed by atoms with van der Waals surface area (Å²) in [5, 5.41) is 9.27. The van der Waals surface area contributed by atoms with Crippen LogP contribution in [0.25, 0.3) is 0 Å². The quantitative estimate of drug-likeness (QED) is 0.486. The Balaban J connectivity index is 3.33. The fraction of sp³-hybridized carbons (Fsp3) is 0.700. The van der Waals surface area contributed by atoms with E-state index in [-0.39, 0.29) is 12.1 Å². The molecule has 0 unspecified atom stereocenters. The Kier molecular flexibility index (Phi) is 7.30. The molecule has 0 saturated carbocycles. The van der Waals surface area contributed by atoms with Gasteiger partial charge in [0.2, 0.25) is 0 Å². The summed E-state index contributed by atoms with van der Waals surface area (Å²) in [6.45, 7) is 5.73. The fourth-order valence-electron chi connectivity index (χ4n) is 1.03. The lowest BCUT2D eigenvalue weighted by Crippen LogP contribution is -2.08. The zero-order valence-electron chi connectivity index (χ0n) is 8.16. The van der Waals surface area contributed by atoms with E-state index in [2.05, 4.69) is 6.58 Å². The predicted octanol–water partition coefficient (Wildman–Crippen LogP) is 1.66. The number of aliphatic hydroxyl groups is 1. The van der Waals surface area contributed by atoms with E-state index < -0.39 is 0 Å². The van der Waals surface area contributed by atoms with Gasteiger partial charge >= 0.3 is 5.97 Å². The molecule has 0 bridgehead atoms. The second-order valence-corrected chi connectivity index (χ2v) is 2.88. The lowest BCUT2D eigenvalue weighted by Gasteiger charge is -2.06. The first kappa shape index (κ1) is 12.2. The molecule has 0 aromatic heterocycles. The summed E-state index contributed by atoms with van der Waals surface area (Å²) in [7, 11) is 0. The van der Waals surface area contributed by atoms with Crippen molar-refractivity contribution in [3.05, 3.63) is 12.7 Å². The SMILES string of the molecule is C=CC[C@H](O)CCCC(=O)OCC. The lowest BCUT2D eigenvalue weighted by molar-refractivity contribution is -0.143. The molecule has 0 aromatic rings. The van der Waals surface area contributed by atoms with Gasteiger partial charge in [0.1, 0.15) is 0 Å². The summed E-state index contributed by atoms with van der Waals surface area (Å²) in [4.78, 5) is 10.9. The van der Waals surface area contributed by atoms with Gasteiger partial charge in [0.25, 0.3) is 0 Å². The maximum absolute atomic E-state index is 10.9. The van der Waals surface area contributed by atoms with Crippen molar-refractivity contribution in [1.82, 2.24) is 0 Å². The molecule has 0 aliphatic rings. The maximum Gasteiger partial charge on any atom is 0.305 e. The van der Waals surface area contributed by atoms with E-state index in [9.17, 15) is 9.90 Å². The number of ether oxygens (including phenoxy) is 1. The van der Waals surface area contributed by atoms with Gasteiger partial charge in [0, 0.05) is 6.42 Å². The highest BCUT2D eigenvalue weighted by atomic mass is 16.5. The maximum atomic E-state index is 10.9. The molecule has 0 aliphatic heterocycles. The molecule has 76 valence electrons. The second-order valence-electron chi connectivity index (χ2n) is 2.88. The normalized spacial score (nSPS) is 12.2. The molecule has 0 heterocycles. The highest BCUT2D eigenvalue weighted by molar-refractivity contribution is 5.69. The summed E-state index contributed by atoms with van der Waals surface area (Å²) in [6.07, 6.45) is 3.59. The number of rotatable bonds is 7. The third kappa shape index (κ3) is 7.53. The minimum atomic E-state index is -0.369. The van der Waals surface area contributed by atoms with E-state index in [0.29, 0.717) is 32.3 Å². The van der Waals surface area contributed by atoms with Gasteiger partial charge in [-0.3, -0.25) is 4.79 Å². The van der Waals surface area contributed by atoms with Crippen molar-refractivity contribution in [3.8, 4) is 0 Å². The number of carbonyl (C=O) groups excluding carboxylic acids is 1. The molecule has 0 amide bonds. The Morgan fingerprint density at radius 2 is 2.38 bits per heavy atom. The van der Waals surface area contributed by atoms with E-state index in [0.717, 1.165) is 0 Å². The van der Waals surface area contributed by atoms with Crippen LogP contribution < -0.4 is 0 Å². The summed E-state index contributed by atoms with van der Waals surface area (Å²) in [6, 6.07) is 0. The number of aliphatic hydroxyl groups excluding tert-OH is 1. The molecule has 1 N–H and O–H groups in total. The van der Waals surface area contributed by atoms with Gasteiger partial charge in [-0.05, 0) is 26.2 Å². The number of carbonyl (C=O) groups is 1. The van der Waals surface area contributed by atoms with Gasteiger partial charge in [0.15, 0.2) is 0 Å². The van der Waals surface area contributed by atoms with Gasteiger partial charge in [-0.25, -0.2) is 0 Å². The molecule has 3 heteroatoms. The number of hydrogen-bond donors (Lipinski definition) is 1. The molecule has 1 atom stereocenters. The lowest BCUT2D eigenvalue weighted by atomic mass is 10.1. The molecule has 0 aliphatic carbocycles. The van der Waals surface area contributed by atoms with E-state index in [1.807, 2.05) is 0 Å². The Labute approximate surface area is 79.4 Å². The number of hydrogen-bond acceptors (Lipinski definition) is 3. The Morgan fingerprint density at radius 1 is 1.69 bits per heavy atom. The average molecular weight is 186 g/mol. The van der Waals surface area contributed by atoms with Crippen LogP contribution in [0.2, 0.25) is 0 Å². The monoisotopic (exact) mass is 186 g/mol. The van der Waals surface area contributed by atoms with Crippen LogP contribution in [0.4, 0.5) is 0 Å². The van der Waals surface area contributed by atoms with Crippen LogP contribution in [0.3, 0.4) is 0 Å². The summed E-state index contributed by atoms with van der Waals surface area (Å²) in [5.41, 5.74) is 0. The molecule has 0 rings (SSSR count). The molecule has 0 fully saturated rings. The molecular weight excluding hydrogens is 168 g/mol. The Bertz CT molecular complexity index is 154. The van der Waals surface area contributed by atoms with Crippen LogP contribution >= 0.6 is 0 Å². The van der Waals surface area contributed by atoms with Gasteiger partial charge in [0.05, 0.1) is 12.7 Å². The molecular formula is C10H18O3. The standard InChI is InChI=1S/C10H18O3/c1-3-6-9(11)7-5-8-10(12)13-4-2/h3,9,11H,1,4-8H2,2H3/t9-/m0/s1. The second kappa shape index (κ2) is 7.80. The number of esters is 1. The van der Waals surface area contributed by atoms with Crippen molar-refractivity contribution < 1.29 is 14.6 Å². The van der Waals surface area contributed by atoms with Crippen LogP contribution in [0.5, 0.6) is 0 Å². The van der Waals surface area contributed by atoms with Crippen molar-refractivity contribution in [3.63, 3.8) is 0 Å². The molecule has 0 saturated heterocycles. The zero-order chi connectivity index (χ0) is 10.1. The third-order valence-electron chi connectivity index (χ3n) is 1.66. The van der Waals surface area contributed by atoms with Crippen molar-refractivity contribution in [2.75, 3.05) is 6.61 Å². The van der Waals surface area contributed by atoms with E-state index >= 15 is 0 Å². The van der Waals surface area contributed by atoms with Crippen LogP contribution in [-0.4, -0.2) is 23.8 Å². The molecule has 0 aromatic carbocycles. The summed E-state index contributed by atoms with van der Waals surface area (Å²) in [5.74, 6) is -0.187. The Hall–Kier alpha value is -0.830. The highest BCUT2D eigenvalue weighted by Crippen LogP contribution is 2.05. The van der Waals surface area contributed by atoms with Crippen LogP contribution in [0.1, 0.15) is 32.6 Å². The molecule has 0 spiro atoms. The fourth-order valence-corrected chi connectivity index (χ4v) is 1.03. The minimum absolute atomic E-state index is 0.187. The van der Waals surface area contributed by atoms with Crippen LogP contribution in [-0.2, 0) is 9.53 Å². The first-order valence-corrected chi connectivity index (χ1v) is 4.65. The zero-order valence-corrected chi connectivity index (χ0v) is 8.16. The summed E-state index contributed by atoms with van der Waals surface area (Å²) < 4.78 is 4.74. The largest absolute Gasteiger partial charge is 0.466 e. The van der Waals surface area contributed by atoms with Crippen LogP contribution in [0.15, 0.2) is 12.7 Å². The van der Waals surface area contributed by atoms with Crippen molar-refractivity contribution in [2.24, 2.45) is 0 Å². The van der Waals surface area contributed by atoms with E-state index in [4.69, 9.17) is 4.74 Å². The molecule has 0 radical (unpaired) electrons. The van der Waals surface area contributed by atoms with Crippen LogP contribution in [0, 0.1) is 0 Å². The Morgan fingerprint density at radius 3 is 2.92 bits per heavy atom. The van der Waals surface area contributed by atoms with Crippen molar-refractivity contribution >= 4 is 5.97 Å². The molecule has 13 heavy (non-hydrogen) atoms. The minimum Gasteiger partial charge on any atom is -0.466 e.